The van der Waals surface area contributed by atoms with Gasteiger partial charge in [-0.1, -0.05) is 18.2 Å². The van der Waals surface area contributed by atoms with E-state index < -0.39 is 17.0 Å². The van der Waals surface area contributed by atoms with E-state index in [0.29, 0.717) is 12.0 Å². The molecule has 0 spiro atoms. The molecule has 1 aromatic rings. The number of benzene rings is 1. The van der Waals surface area contributed by atoms with Crippen molar-refractivity contribution in [1.29, 1.82) is 0 Å². The molecule has 1 aromatic carbocycles. The molecule has 0 radical (unpaired) electrons. The van der Waals surface area contributed by atoms with Crippen LogP contribution in [0.3, 0.4) is 0 Å². The van der Waals surface area contributed by atoms with Crippen LogP contribution in [0.25, 0.3) is 0 Å². The molecule has 0 aliphatic carbocycles. The molecule has 1 heterocycles. The van der Waals surface area contributed by atoms with Gasteiger partial charge in [-0.05, 0) is 6.07 Å². The molecule has 16 heavy (non-hydrogen) atoms. The third-order valence-corrected chi connectivity index (χ3v) is 2.34. The first-order valence-electron chi connectivity index (χ1n) is 4.79. The number of esters is 1. The van der Waals surface area contributed by atoms with E-state index in [1.54, 1.807) is 24.3 Å². The summed E-state index contributed by atoms with van der Waals surface area (Å²) < 4.78 is 5.03. The van der Waals surface area contributed by atoms with E-state index in [2.05, 4.69) is 0 Å². The Morgan fingerprint density at radius 2 is 2.12 bits per heavy atom. The van der Waals surface area contributed by atoms with Crippen LogP contribution in [0.15, 0.2) is 36.4 Å². The highest BCUT2D eigenvalue weighted by Gasteiger charge is 2.25. The second-order valence-electron chi connectivity index (χ2n) is 3.38. The lowest BCUT2D eigenvalue weighted by Crippen LogP contribution is -2.14. The summed E-state index contributed by atoms with van der Waals surface area (Å²) in [4.78, 5) is 21.4. The summed E-state index contributed by atoms with van der Waals surface area (Å²) in [5.74, 6) is -0.464. The molecule has 1 aliphatic heterocycles. The van der Waals surface area contributed by atoms with Crippen LogP contribution < -0.4 is 0 Å². The molecule has 0 unspecified atom stereocenters. The topological polar surface area (TPSA) is 69.4 Å². The number of carbonyl (C=O) groups is 1. The number of nitro groups is 1. The Balaban J connectivity index is 2.36. The van der Waals surface area contributed by atoms with Gasteiger partial charge in [0.25, 0.3) is 5.69 Å². The number of carbonyl (C=O) groups excluding carboxylic acids is 1. The molecular weight excluding hydrogens is 210 g/mol. The Morgan fingerprint density at radius 3 is 2.81 bits per heavy atom. The largest absolute Gasteiger partial charge is 0.454 e. The predicted octanol–water partition coefficient (Wildman–Crippen LogP) is 2.14. The van der Waals surface area contributed by atoms with Crippen LogP contribution in [-0.2, 0) is 9.53 Å². The average Bonchev–Trinajstić information content (AvgIpc) is 2.29. The number of nitrogens with zero attached hydrogens (tertiary/aromatic N) is 1. The number of hydrogen-bond donors (Lipinski definition) is 0. The summed E-state index contributed by atoms with van der Waals surface area (Å²) in [6, 6.07) is 6.29. The Hall–Kier alpha value is -2.17. The van der Waals surface area contributed by atoms with Crippen molar-refractivity contribution in [3.63, 3.8) is 0 Å². The third-order valence-electron chi connectivity index (χ3n) is 2.34. The molecule has 0 saturated carbocycles. The summed E-state index contributed by atoms with van der Waals surface area (Å²) in [6.07, 6.45) is 2.90. The van der Waals surface area contributed by atoms with Crippen LogP contribution >= 0.6 is 0 Å². The quantitative estimate of drug-likeness (QED) is 0.434. The Bertz CT molecular complexity index is 467. The second kappa shape index (κ2) is 4.14. The average molecular weight is 219 g/mol. The fourth-order valence-electron chi connectivity index (χ4n) is 1.63. The van der Waals surface area contributed by atoms with E-state index in [1.165, 1.54) is 12.1 Å². The highest BCUT2D eigenvalue weighted by Crippen LogP contribution is 2.31. The smallest absolute Gasteiger partial charge is 0.331 e. The standard InChI is InChI=1S/C11H9NO4/c13-11-7-3-6-10(16-11)8-4-1-2-5-9(8)12(14)15/h1-5,7,10H,6H2/t10-/m0/s1. The van der Waals surface area contributed by atoms with Crippen molar-refractivity contribution in [3.8, 4) is 0 Å². The minimum atomic E-state index is -0.556. The van der Waals surface area contributed by atoms with E-state index >= 15 is 0 Å². The first-order chi connectivity index (χ1) is 7.68. The maximum absolute atomic E-state index is 11.0. The molecule has 0 bridgehead atoms. The maximum atomic E-state index is 11.0. The molecule has 1 atom stereocenters. The molecule has 0 fully saturated rings. The van der Waals surface area contributed by atoms with E-state index in [9.17, 15) is 14.9 Å². The minimum absolute atomic E-state index is 0.0180. The van der Waals surface area contributed by atoms with E-state index in [1.807, 2.05) is 0 Å². The SMILES string of the molecule is O=C1C=CC[C@@H](c2ccccc2[N+](=O)[O-])O1. The van der Waals surface area contributed by atoms with Crippen LogP contribution in [0.5, 0.6) is 0 Å². The normalized spacial score (nSPS) is 19.2. The first kappa shape index (κ1) is 10.4. The van der Waals surface area contributed by atoms with Crippen molar-refractivity contribution in [3.05, 3.63) is 52.1 Å². The minimum Gasteiger partial charge on any atom is -0.454 e. The Labute approximate surface area is 91.5 Å². The second-order valence-corrected chi connectivity index (χ2v) is 3.38. The van der Waals surface area contributed by atoms with Gasteiger partial charge in [0.2, 0.25) is 0 Å². The number of hydrogen-bond acceptors (Lipinski definition) is 4. The summed E-state index contributed by atoms with van der Waals surface area (Å²) in [5, 5.41) is 10.8. The molecular formula is C11H9NO4. The Morgan fingerprint density at radius 1 is 1.38 bits per heavy atom. The number of para-hydroxylation sites is 1. The number of cyclic esters (lactones) is 1. The molecule has 0 N–H and O–H groups in total. The van der Waals surface area contributed by atoms with E-state index in [4.69, 9.17) is 4.74 Å². The zero-order chi connectivity index (χ0) is 11.5. The first-order valence-corrected chi connectivity index (χ1v) is 4.79. The monoisotopic (exact) mass is 219 g/mol. The van der Waals surface area contributed by atoms with Gasteiger partial charge in [0, 0.05) is 18.6 Å². The van der Waals surface area contributed by atoms with Crippen LogP contribution in [0, 0.1) is 10.1 Å². The molecule has 5 nitrogen and oxygen atoms in total. The summed E-state index contributed by atoms with van der Waals surface area (Å²) >= 11 is 0. The molecule has 0 saturated heterocycles. The third kappa shape index (κ3) is 1.93. The van der Waals surface area contributed by atoms with Gasteiger partial charge in [0.15, 0.2) is 0 Å². The van der Waals surface area contributed by atoms with E-state index in [-0.39, 0.29) is 5.69 Å². The van der Waals surface area contributed by atoms with Crippen molar-refractivity contribution in [2.75, 3.05) is 0 Å². The summed E-state index contributed by atoms with van der Waals surface area (Å²) in [6.45, 7) is 0. The highest BCUT2D eigenvalue weighted by molar-refractivity contribution is 5.83. The predicted molar refractivity (Wildman–Crippen MR) is 55.7 cm³/mol. The van der Waals surface area contributed by atoms with Crippen molar-refractivity contribution in [1.82, 2.24) is 0 Å². The van der Waals surface area contributed by atoms with E-state index in [0.717, 1.165) is 0 Å². The van der Waals surface area contributed by atoms with Crippen molar-refractivity contribution in [2.45, 2.75) is 12.5 Å². The molecule has 1 aliphatic rings. The van der Waals surface area contributed by atoms with Gasteiger partial charge in [-0.15, -0.1) is 0 Å². The van der Waals surface area contributed by atoms with Crippen LogP contribution in [0.4, 0.5) is 5.69 Å². The number of ether oxygens (including phenoxy) is 1. The highest BCUT2D eigenvalue weighted by atomic mass is 16.6. The molecule has 2 rings (SSSR count). The van der Waals surface area contributed by atoms with Gasteiger partial charge < -0.3 is 4.74 Å². The Kier molecular flexibility index (Phi) is 2.68. The van der Waals surface area contributed by atoms with Crippen molar-refractivity contribution < 1.29 is 14.5 Å². The molecule has 5 heteroatoms. The molecule has 0 aromatic heterocycles. The van der Waals surface area contributed by atoms with Crippen LogP contribution in [0.1, 0.15) is 18.1 Å². The van der Waals surface area contributed by atoms with Gasteiger partial charge >= 0.3 is 5.97 Å². The summed E-state index contributed by atoms with van der Waals surface area (Å²) in [5.41, 5.74) is 0.417. The molecule has 82 valence electrons. The number of rotatable bonds is 2. The van der Waals surface area contributed by atoms with Gasteiger partial charge in [-0.25, -0.2) is 4.79 Å². The fraction of sp³-hybridized carbons (Fsp3) is 0.182. The van der Waals surface area contributed by atoms with Gasteiger partial charge in [0.1, 0.15) is 6.10 Å². The zero-order valence-corrected chi connectivity index (χ0v) is 8.33. The van der Waals surface area contributed by atoms with Crippen molar-refractivity contribution >= 4 is 11.7 Å². The maximum Gasteiger partial charge on any atom is 0.331 e. The van der Waals surface area contributed by atoms with Crippen LogP contribution in [-0.4, -0.2) is 10.9 Å². The lowest BCUT2D eigenvalue weighted by molar-refractivity contribution is -0.386. The lowest BCUT2D eigenvalue weighted by atomic mass is 10.0. The zero-order valence-electron chi connectivity index (χ0n) is 8.33. The van der Waals surface area contributed by atoms with Gasteiger partial charge in [-0.2, -0.15) is 0 Å². The van der Waals surface area contributed by atoms with Gasteiger partial charge in [0.05, 0.1) is 10.5 Å². The van der Waals surface area contributed by atoms with Crippen LogP contribution in [0.2, 0.25) is 0 Å². The van der Waals surface area contributed by atoms with Crippen molar-refractivity contribution in [2.24, 2.45) is 0 Å². The summed E-state index contributed by atoms with van der Waals surface area (Å²) in [7, 11) is 0. The lowest BCUT2D eigenvalue weighted by Gasteiger charge is -2.18. The fourth-order valence-corrected chi connectivity index (χ4v) is 1.63. The molecule has 0 amide bonds. The van der Waals surface area contributed by atoms with Gasteiger partial charge in [-0.3, -0.25) is 10.1 Å². The number of nitro benzene ring substituents is 1.